The molecule has 2 aromatic rings. The van der Waals surface area contributed by atoms with Gasteiger partial charge < -0.3 is 19.3 Å². The van der Waals surface area contributed by atoms with Gasteiger partial charge in [-0.25, -0.2) is 4.79 Å². The first-order valence-corrected chi connectivity index (χ1v) is 9.94. The van der Waals surface area contributed by atoms with Gasteiger partial charge in [0.05, 0.1) is 11.3 Å². The Morgan fingerprint density at radius 3 is 2.70 bits per heavy atom. The van der Waals surface area contributed by atoms with Crippen LogP contribution in [0.15, 0.2) is 36.5 Å². The van der Waals surface area contributed by atoms with Gasteiger partial charge in [-0.05, 0) is 45.9 Å². The van der Waals surface area contributed by atoms with Crippen molar-refractivity contribution in [3.05, 3.63) is 47.8 Å². The van der Waals surface area contributed by atoms with Crippen LogP contribution in [0.3, 0.4) is 0 Å². The van der Waals surface area contributed by atoms with Gasteiger partial charge in [0.1, 0.15) is 24.1 Å². The Labute approximate surface area is 177 Å². The molecule has 1 amide bonds. The molecule has 1 saturated heterocycles. The van der Waals surface area contributed by atoms with Crippen LogP contribution in [0.1, 0.15) is 39.0 Å². The Hall–Kier alpha value is -3.34. The fourth-order valence-corrected chi connectivity index (χ4v) is 3.14. The average Bonchev–Trinajstić information content (AvgIpc) is 2.71. The third-order valence-corrected chi connectivity index (χ3v) is 4.61. The minimum atomic E-state index is -0.509. The van der Waals surface area contributed by atoms with E-state index in [-0.39, 0.29) is 18.7 Å². The molecule has 3 rings (SSSR count). The zero-order chi connectivity index (χ0) is 21.7. The predicted molar refractivity (Wildman–Crippen MR) is 112 cm³/mol. The highest BCUT2D eigenvalue weighted by Crippen LogP contribution is 2.22. The molecule has 3 heterocycles. The van der Waals surface area contributed by atoms with E-state index in [1.807, 2.05) is 45.9 Å². The molecule has 1 aliphatic heterocycles. The summed E-state index contributed by atoms with van der Waals surface area (Å²) in [4.78, 5) is 25.1. The van der Waals surface area contributed by atoms with E-state index < -0.39 is 5.60 Å². The number of aromatic nitrogens is 2. The van der Waals surface area contributed by atoms with Crippen LogP contribution in [-0.4, -0.2) is 52.2 Å². The molecule has 8 nitrogen and oxygen atoms in total. The predicted octanol–water partition coefficient (Wildman–Crippen LogP) is 3.37. The summed E-state index contributed by atoms with van der Waals surface area (Å²) in [5.74, 6) is 1.30. The number of hydrogen-bond acceptors (Lipinski definition) is 7. The summed E-state index contributed by atoms with van der Waals surface area (Å²) in [7, 11) is 0. The van der Waals surface area contributed by atoms with Gasteiger partial charge >= 0.3 is 6.09 Å². The van der Waals surface area contributed by atoms with Gasteiger partial charge in [0, 0.05) is 37.9 Å². The van der Waals surface area contributed by atoms with E-state index in [4.69, 9.17) is 14.7 Å². The maximum atomic E-state index is 12.4. The number of hydrogen-bond donors (Lipinski definition) is 0. The van der Waals surface area contributed by atoms with Gasteiger partial charge in [0.15, 0.2) is 0 Å². The van der Waals surface area contributed by atoms with Crippen LogP contribution in [-0.2, 0) is 11.3 Å². The Kier molecular flexibility index (Phi) is 6.40. The maximum absolute atomic E-state index is 12.4. The molecule has 158 valence electrons. The number of nitrogens with zero attached hydrogens (tertiary/aromatic N) is 5. The van der Waals surface area contributed by atoms with Crippen molar-refractivity contribution in [2.24, 2.45) is 0 Å². The quantitative estimate of drug-likeness (QED) is 0.764. The number of amides is 1. The third kappa shape index (κ3) is 5.60. The number of nitriles is 1. The first kappa shape index (κ1) is 21.4. The van der Waals surface area contributed by atoms with Gasteiger partial charge in [0.2, 0.25) is 5.88 Å². The minimum absolute atomic E-state index is 0.00261. The number of carbonyl (C=O) groups is 1. The van der Waals surface area contributed by atoms with Crippen LogP contribution in [0.2, 0.25) is 0 Å². The average molecular weight is 409 g/mol. The van der Waals surface area contributed by atoms with Crippen LogP contribution in [0, 0.1) is 11.3 Å². The summed E-state index contributed by atoms with van der Waals surface area (Å²) in [6.45, 7) is 9.78. The minimum Gasteiger partial charge on any atom is -0.471 e. The molecule has 0 unspecified atom stereocenters. The van der Waals surface area contributed by atoms with Gasteiger partial charge in [-0.1, -0.05) is 6.07 Å². The monoisotopic (exact) mass is 409 g/mol. The number of rotatable bonds is 4. The first-order valence-electron chi connectivity index (χ1n) is 9.94. The van der Waals surface area contributed by atoms with E-state index in [1.165, 1.54) is 6.20 Å². The molecule has 0 radical (unpaired) electrons. The van der Waals surface area contributed by atoms with Crippen LogP contribution < -0.4 is 9.64 Å². The molecule has 0 aliphatic carbocycles. The molecular formula is C22H27N5O3. The molecule has 0 bridgehead atoms. The number of carbonyl (C=O) groups excluding carboxylic acids is 1. The molecule has 0 N–H and O–H groups in total. The van der Waals surface area contributed by atoms with E-state index in [0.717, 1.165) is 11.5 Å². The second kappa shape index (κ2) is 8.99. The number of pyridine rings is 2. The summed E-state index contributed by atoms with van der Waals surface area (Å²) >= 11 is 0. The van der Waals surface area contributed by atoms with Crippen molar-refractivity contribution in [2.45, 2.75) is 45.9 Å². The molecule has 0 aromatic carbocycles. The lowest BCUT2D eigenvalue weighted by atomic mass is 10.2. The summed E-state index contributed by atoms with van der Waals surface area (Å²) < 4.78 is 11.3. The number of anilines is 1. The summed E-state index contributed by atoms with van der Waals surface area (Å²) in [6, 6.07) is 11.1. The van der Waals surface area contributed by atoms with Crippen molar-refractivity contribution in [3.8, 4) is 11.9 Å². The SMILES string of the molecule is C[C@H]1CN(c2cccc(OCc3ccc(C#N)cn3)n2)CCN1C(=O)OC(C)(C)C. The van der Waals surface area contributed by atoms with Crippen molar-refractivity contribution >= 4 is 11.9 Å². The molecule has 8 heteroatoms. The molecule has 0 saturated carbocycles. The zero-order valence-corrected chi connectivity index (χ0v) is 17.8. The van der Waals surface area contributed by atoms with Crippen LogP contribution in [0.4, 0.5) is 10.6 Å². The summed E-state index contributed by atoms with van der Waals surface area (Å²) in [6.07, 6.45) is 1.24. The summed E-state index contributed by atoms with van der Waals surface area (Å²) in [5, 5.41) is 8.84. The molecule has 1 fully saturated rings. The topological polar surface area (TPSA) is 91.6 Å². The fraction of sp³-hybridized carbons (Fsp3) is 0.455. The van der Waals surface area contributed by atoms with Crippen molar-refractivity contribution in [1.82, 2.24) is 14.9 Å². The Bertz CT molecular complexity index is 918. The van der Waals surface area contributed by atoms with Crippen molar-refractivity contribution in [1.29, 1.82) is 5.26 Å². The lowest BCUT2D eigenvalue weighted by Crippen LogP contribution is -2.55. The standard InChI is InChI=1S/C22H27N5O3/c1-16-14-26(10-11-27(16)21(28)30-22(2,3)4)19-6-5-7-20(25-19)29-15-18-9-8-17(12-23)13-24-18/h5-9,13,16H,10-11,14-15H2,1-4H3/t16-/m0/s1. The van der Waals surface area contributed by atoms with Gasteiger partial charge in [0.25, 0.3) is 0 Å². The maximum Gasteiger partial charge on any atom is 0.410 e. The van der Waals surface area contributed by atoms with E-state index in [9.17, 15) is 4.79 Å². The smallest absolute Gasteiger partial charge is 0.410 e. The Morgan fingerprint density at radius 2 is 2.07 bits per heavy atom. The second-order valence-corrected chi connectivity index (χ2v) is 8.24. The Balaban J connectivity index is 1.59. The van der Waals surface area contributed by atoms with Crippen molar-refractivity contribution < 1.29 is 14.3 Å². The summed E-state index contributed by atoms with van der Waals surface area (Å²) in [5.41, 5.74) is 0.726. The lowest BCUT2D eigenvalue weighted by molar-refractivity contribution is 0.0158. The first-order chi connectivity index (χ1) is 14.2. The molecule has 1 atom stereocenters. The highest BCUT2D eigenvalue weighted by molar-refractivity contribution is 5.69. The van der Waals surface area contributed by atoms with Crippen LogP contribution in [0.5, 0.6) is 5.88 Å². The largest absolute Gasteiger partial charge is 0.471 e. The highest BCUT2D eigenvalue weighted by Gasteiger charge is 2.31. The van der Waals surface area contributed by atoms with E-state index in [0.29, 0.717) is 31.1 Å². The third-order valence-electron chi connectivity index (χ3n) is 4.61. The zero-order valence-electron chi connectivity index (χ0n) is 17.8. The van der Waals surface area contributed by atoms with E-state index >= 15 is 0 Å². The van der Waals surface area contributed by atoms with Crippen LogP contribution >= 0.6 is 0 Å². The normalized spacial score (nSPS) is 16.7. The molecule has 2 aromatic heterocycles. The van der Waals surface area contributed by atoms with Gasteiger partial charge in [-0.3, -0.25) is 4.98 Å². The number of piperazine rings is 1. The van der Waals surface area contributed by atoms with Gasteiger partial charge in [-0.2, -0.15) is 10.2 Å². The molecular weight excluding hydrogens is 382 g/mol. The van der Waals surface area contributed by atoms with Crippen molar-refractivity contribution in [3.63, 3.8) is 0 Å². The Morgan fingerprint density at radius 1 is 1.27 bits per heavy atom. The highest BCUT2D eigenvalue weighted by atomic mass is 16.6. The van der Waals surface area contributed by atoms with Crippen LogP contribution in [0.25, 0.3) is 0 Å². The molecule has 0 spiro atoms. The van der Waals surface area contributed by atoms with Gasteiger partial charge in [-0.15, -0.1) is 0 Å². The lowest BCUT2D eigenvalue weighted by Gasteiger charge is -2.40. The number of ether oxygens (including phenoxy) is 2. The van der Waals surface area contributed by atoms with Crippen molar-refractivity contribution in [2.75, 3.05) is 24.5 Å². The molecule has 30 heavy (non-hydrogen) atoms. The van der Waals surface area contributed by atoms with E-state index in [1.54, 1.807) is 23.1 Å². The molecule has 1 aliphatic rings. The van der Waals surface area contributed by atoms with E-state index in [2.05, 4.69) is 14.9 Å². The fourth-order valence-electron chi connectivity index (χ4n) is 3.14. The second-order valence-electron chi connectivity index (χ2n) is 8.24.